The smallest absolute Gasteiger partial charge is 0.407 e. The number of rotatable bonds is 9. The predicted octanol–water partition coefficient (Wildman–Crippen LogP) is 4.37. The molecule has 0 fully saturated rings. The maximum atomic E-state index is 12.6. The van der Waals surface area contributed by atoms with Gasteiger partial charge in [0.2, 0.25) is 5.91 Å². The molecule has 0 saturated heterocycles. The Morgan fingerprint density at radius 2 is 1.71 bits per heavy atom. The largest absolute Gasteiger partial charge is 0.481 e. The second-order valence-electron chi connectivity index (χ2n) is 8.89. The van der Waals surface area contributed by atoms with E-state index in [9.17, 15) is 14.4 Å². The molecule has 178 valence electrons. The third kappa shape index (κ3) is 5.30. The number of carboxylic acid groups (broad SMARTS) is 1. The minimum absolute atomic E-state index is 0.00840. The molecule has 2 amide bonds. The molecule has 2 aliphatic rings. The number of hydrogen-bond donors (Lipinski definition) is 3. The van der Waals surface area contributed by atoms with Crippen LogP contribution in [0.15, 0.2) is 60.2 Å². The van der Waals surface area contributed by atoms with Crippen LogP contribution in [0.5, 0.6) is 0 Å². The number of hydrogen-bond acceptors (Lipinski definition) is 4. The first-order valence-corrected chi connectivity index (χ1v) is 11.8. The Balaban J connectivity index is 1.28. The number of carboxylic acids is 1. The molecule has 0 aromatic heterocycles. The highest BCUT2D eigenvalue weighted by atomic mass is 16.5. The molecule has 7 nitrogen and oxygen atoms in total. The van der Waals surface area contributed by atoms with E-state index in [1.54, 1.807) is 6.08 Å². The van der Waals surface area contributed by atoms with E-state index in [1.807, 2.05) is 31.2 Å². The zero-order valence-electron chi connectivity index (χ0n) is 19.3. The zero-order valence-corrected chi connectivity index (χ0v) is 19.3. The monoisotopic (exact) mass is 462 g/mol. The molecule has 2 aliphatic carbocycles. The van der Waals surface area contributed by atoms with E-state index in [4.69, 9.17) is 9.84 Å². The third-order valence-electron chi connectivity index (χ3n) is 6.47. The molecule has 2 aromatic rings. The molecule has 4 rings (SSSR count). The van der Waals surface area contributed by atoms with Crippen LogP contribution in [0.2, 0.25) is 0 Å². The third-order valence-corrected chi connectivity index (χ3v) is 6.47. The Hall–Kier alpha value is -3.61. The van der Waals surface area contributed by atoms with Gasteiger partial charge in [-0.25, -0.2) is 4.79 Å². The van der Waals surface area contributed by atoms with Gasteiger partial charge < -0.3 is 20.5 Å². The van der Waals surface area contributed by atoms with Crippen LogP contribution < -0.4 is 10.6 Å². The second-order valence-corrected chi connectivity index (χ2v) is 8.89. The summed E-state index contributed by atoms with van der Waals surface area (Å²) >= 11 is 0. The highest BCUT2D eigenvalue weighted by molar-refractivity contribution is 5.94. The average molecular weight is 463 g/mol. The molecule has 0 bridgehead atoms. The normalized spacial score (nSPS) is 17.3. The van der Waals surface area contributed by atoms with Gasteiger partial charge in [-0.3, -0.25) is 9.59 Å². The molecule has 0 aliphatic heterocycles. The van der Waals surface area contributed by atoms with Crippen molar-refractivity contribution in [3.05, 3.63) is 71.3 Å². The highest BCUT2D eigenvalue weighted by Crippen LogP contribution is 2.44. The van der Waals surface area contributed by atoms with Crippen molar-refractivity contribution in [3.63, 3.8) is 0 Å². The number of ether oxygens (including phenoxy) is 1. The van der Waals surface area contributed by atoms with Crippen LogP contribution in [-0.2, 0) is 14.3 Å². The van der Waals surface area contributed by atoms with Crippen molar-refractivity contribution in [3.8, 4) is 11.1 Å². The van der Waals surface area contributed by atoms with Crippen molar-refractivity contribution >= 4 is 18.0 Å². The first kappa shape index (κ1) is 23.5. The van der Waals surface area contributed by atoms with E-state index < -0.39 is 18.1 Å². The molecule has 1 unspecified atom stereocenters. The fraction of sp³-hybridized carbons (Fsp3) is 0.370. The number of fused-ring (bicyclic) bond motifs is 3. The molecule has 0 spiro atoms. The summed E-state index contributed by atoms with van der Waals surface area (Å²) in [7, 11) is 0. The molecule has 0 saturated carbocycles. The van der Waals surface area contributed by atoms with Crippen LogP contribution in [0.3, 0.4) is 0 Å². The Morgan fingerprint density at radius 1 is 1.06 bits per heavy atom. The number of alkyl carbamates (subject to hydrolysis) is 1. The number of carbonyl (C=O) groups is 3. The van der Waals surface area contributed by atoms with Gasteiger partial charge in [-0.1, -0.05) is 68.0 Å². The Bertz CT molecular complexity index is 1060. The van der Waals surface area contributed by atoms with Crippen molar-refractivity contribution in [2.24, 2.45) is 0 Å². The van der Waals surface area contributed by atoms with Crippen molar-refractivity contribution < 1.29 is 24.2 Å². The van der Waals surface area contributed by atoms with E-state index in [0.717, 1.165) is 17.5 Å². The van der Waals surface area contributed by atoms with Gasteiger partial charge in [-0.05, 0) is 41.5 Å². The molecule has 2 aromatic carbocycles. The summed E-state index contributed by atoms with van der Waals surface area (Å²) < 4.78 is 5.60. The van der Waals surface area contributed by atoms with Crippen LogP contribution in [0.1, 0.15) is 56.1 Å². The fourth-order valence-electron chi connectivity index (χ4n) is 4.88. The summed E-state index contributed by atoms with van der Waals surface area (Å²) in [6.07, 6.45) is 3.50. The lowest BCUT2D eigenvalue weighted by Gasteiger charge is -2.18. The Kier molecular flexibility index (Phi) is 7.30. The van der Waals surface area contributed by atoms with Crippen molar-refractivity contribution in [2.45, 2.75) is 57.0 Å². The Morgan fingerprint density at radius 3 is 2.32 bits per heavy atom. The van der Waals surface area contributed by atoms with Gasteiger partial charge >= 0.3 is 12.1 Å². The van der Waals surface area contributed by atoms with Gasteiger partial charge in [-0.15, -0.1) is 0 Å². The lowest BCUT2D eigenvalue weighted by Crippen LogP contribution is -2.38. The quantitative estimate of drug-likeness (QED) is 0.513. The Labute approximate surface area is 199 Å². The van der Waals surface area contributed by atoms with E-state index in [-0.39, 0.29) is 30.9 Å². The zero-order chi connectivity index (χ0) is 24.1. The second kappa shape index (κ2) is 10.5. The molecule has 7 heteroatoms. The van der Waals surface area contributed by atoms with E-state index in [2.05, 4.69) is 34.9 Å². The molecule has 3 N–H and O–H groups in total. The summed E-state index contributed by atoms with van der Waals surface area (Å²) in [6.45, 7) is 2.19. The number of benzene rings is 2. The van der Waals surface area contributed by atoms with Gasteiger partial charge in [0, 0.05) is 23.6 Å². The van der Waals surface area contributed by atoms with Gasteiger partial charge in [0.1, 0.15) is 6.61 Å². The van der Waals surface area contributed by atoms with Crippen LogP contribution in [0, 0.1) is 0 Å². The van der Waals surface area contributed by atoms with Crippen LogP contribution >= 0.6 is 0 Å². The molecule has 2 atom stereocenters. The summed E-state index contributed by atoms with van der Waals surface area (Å²) in [6, 6.07) is 15.7. The first-order valence-electron chi connectivity index (χ1n) is 11.8. The molecule has 0 heterocycles. The predicted molar refractivity (Wildman–Crippen MR) is 128 cm³/mol. The SMILES string of the molecule is CCC[C@@H](CC(=O)O)NC(=O)C1=CCC(NC(=O)OCC2c3ccccc3-c3ccccc32)C1. The number of amides is 2. The summed E-state index contributed by atoms with van der Waals surface area (Å²) in [4.78, 5) is 36.1. The maximum Gasteiger partial charge on any atom is 0.407 e. The van der Waals surface area contributed by atoms with Crippen molar-refractivity contribution in [1.29, 1.82) is 0 Å². The van der Waals surface area contributed by atoms with E-state index in [1.165, 1.54) is 11.1 Å². The minimum atomic E-state index is -0.936. The van der Waals surface area contributed by atoms with Crippen LogP contribution in [0.25, 0.3) is 11.1 Å². The maximum absolute atomic E-state index is 12.6. The van der Waals surface area contributed by atoms with Gasteiger partial charge in [-0.2, -0.15) is 0 Å². The van der Waals surface area contributed by atoms with Gasteiger partial charge in [0.25, 0.3) is 0 Å². The first-order chi connectivity index (χ1) is 16.5. The van der Waals surface area contributed by atoms with Crippen molar-refractivity contribution in [1.82, 2.24) is 10.6 Å². The molecule has 0 radical (unpaired) electrons. The molecular weight excluding hydrogens is 432 g/mol. The lowest BCUT2D eigenvalue weighted by atomic mass is 9.98. The van der Waals surface area contributed by atoms with Gasteiger partial charge in [0.15, 0.2) is 0 Å². The van der Waals surface area contributed by atoms with Crippen LogP contribution in [0.4, 0.5) is 4.79 Å². The fourth-order valence-corrected chi connectivity index (χ4v) is 4.88. The minimum Gasteiger partial charge on any atom is -0.481 e. The summed E-state index contributed by atoms with van der Waals surface area (Å²) in [5.41, 5.74) is 5.22. The highest BCUT2D eigenvalue weighted by Gasteiger charge is 2.30. The van der Waals surface area contributed by atoms with E-state index in [0.29, 0.717) is 24.8 Å². The number of aliphatic carboxylic acids is 1. The summed E-state index contributed by atoms with van der Waals surface area (Å²) in [5, 5.41) is 14.7. The van der Waals surface area contributed by atoms with Crippen LogP contribution in [-0.4, -0.2) is 41.8 Å². The lowest BCUT2D eigenvalue weighted by molar-refractivity contribution is -0.137. The molecular formula is C27H30N2O5. The number of nitrogens with one attached hydrogen (secondary N) is 2. The summed E-state index contributed by atoms with van der Waals surface area (Å²) in [5.74, 6) is -1.21. The average Bonchev–Trinajstić information content (AvgIpc) is 3.40. The molecule has 34 heavy (non-hydrogen) atoms. The standard InChI is InChI=1S/C27H30N2O5/c1-2-7-18(15-25(30)31)28-26(32)17-12-13-19(14-17)29-27(33)34-16-24-22-10-5-3-8-20(22)21-9-4-6-11-23(21)24/h3-6,8-12,18-19,24H,2,7,13-16H2,1H3,(H,28,32)(H,29,33)(H,30,31)/t18-,19?/m0/s1. The number of carbonyl (C=O) groups excluding carboxylic acids is 2. The topological polar surface area (TPSA) is 105 Å². The van der Waals surface area contributed by atoms with Gasteiger partial charge in [0.05, 0.1) is 6.42 Å². The van der Waals surface area contributed by atoms with Crippen molar-refractivity contribution in [2.75, 3.05) is 6.61 Å². The van der Waals surface area contributed by atoms with E-state index >= 15 is 0 Å².